The molecular weight excluding hydrogens is 309 g/mol. The lowest BCUT2D eigenvalue weighted by Gasteiger charge is -2.31. The lowest BCUT2D eigenvalue weighted by Crippen LogP contribution is -2.40. The van der Waals surface area contributed by atoms with Gasteiger partial charge in [-0.1, -0.05) is 0 Å². The Morgan fingerprint density at radius 1 is 1.27 bits per heavy atom. The Labute approximate surface area is 127 Å². The number of hydrogen-bond donors (Lipinski definition) is 0. The van der Waals surface area contributed by atoms with Crippen molar-refractivity contribution in [3.63, 3.8) is 0 Å². The van der Waals surface area contributed by atoms with Gasteiger partial charge in [0.1, 0.15) is 5.82 Å². The average Bonchev–Trinajstić information content (AvgIpc) is 2.47. The molecular formula is C14H16FN3O3S. The molecule has 1 aromatic heterocycles. The summed E-state index contributed by atoms with van der Waals surface area (Å²) in [4.78, 5) is 16.6. The van der Waals surface area contributed by atoms with E-state index >= 15 is 0 Å². The summed E-state index contributed by atoms with van der Waals surface area (Å²) >= 11 is 0. The third kappa shape index (κ3) is 2.76. The first kappa shape index (κ1) is 15.1. The Morgan fingerprint density at radius 3 is 2.59 bits per heavy atom. The summed E-state index contributed by atoms with van der Waals surface area (Å²) in [6.45, 7) is 0.773. The van der Waals surface area contributed by atoms with Crippen LogP contribution in [0.1, 0.15) is 18.9 Å². The minimum atomic E-state index is -3.19. The summed E-state index contributed by atoms with van der Waals surface area (Å²) in [6.07, 6.45) is 3.72. The highest BCUT2D eigenvalue weighted by Crippen LogP contribution is 2.23. The van der Waals surface area contributed by atoms with E-state index in [1.807, 2.05) is 0 Å². The molecule has 1 aromatic carbocycles. The van der Waals surface area contributed by atoms with Gasteiger partial charge in [-0.3, -0.25) is 9.36 Å². The Hall–Kier alpha value is -1.80. The number of sulfonamides is 1. The van der Waals surface area contributed by atoms with Crippen molar-refractivity contribution in [3.05, 3.63) is 40.7 Å². The lowest BCUT2D eigenvalue weighted by atomic mass is 10.1. The highest BCUT2D eigenvalue weighted by Gasteiger charge is 2.26. The number of benzene rings is 1. The van der Waals surface area contributed by atoms with Gasteiger partial charge in [0.2, 0.25) is 10.0 Å². The number of fused-ring (bicyclic) bond motifs is 1. The first-order valence-electron chi connectivity index (χ1n) is 6.98. The van der Waals surface area contributed by atoms with Gasteiger partial charge in [-0.25, -0.2) is 22.1 Å². The Kier molecular flexibility index (Phi) is 3.73. The molecule has 2 aromatic rings. The molecule has 22 heavy (non-hydrogen) atoms. The molecule has 0 bridgehead atoms. The molecule has 118 valence electrons. The molecule has 1 saturated heterocycles. The second-order valence-corrected chi connectivity index (χ2v) is 7.49. The van der Waals surface area contributed by atoms with Gasteiger partial charge in [-0.05, 0) is 25.0 Å². The summed E-state index contributed by atoms with van der Waals surface area (Å²) in [5.74, 6) is -0.432. The molecule has 8 heteroatoms. The van der Waals surface area contributed by atoms with Crippen molar-refractivity contribution in [1.82, 2.24) is 13.9 Å². The highest BCUT2D eigenvalue weighted by atomic mass is 32.2. The molecule has 2 heterocycles. The molecule has 0 spiro atoms. The molecule has 0 unspecified atom stereocenters. The van der Waals surface area contributed by atoms with Crippen molar-refractivity contribution in [2.24, 2.45) is 0 Å². The van der Waals surface area contributed by atoms with Crippen LogP contribution in [0.5, 0.6) is 0 Å². The fourth-order valence-electron chi connectivity index (χ4n) is 2.82. The number of aromatic nitrogens is 2. The van der Waals surface area contributed by atoms with Crippen molar-refractivity contribution >= 4 is 20.9 Å². The molecule has 1 aliphatic rings. The Bertz CT molecular complexity index is 871. The zero-order chi connectivity index (χ0) is 15.9. The fourth-order valence-corrected chi connectivity index (χ4v) is 3.69. The van der Waals surface area contributed by atoms with E-state index in [2.05, 4.69) is 4.98 Å². The maximum Gasteiger partial charge on any atom is 0.261 e. The molecule has 0 aliphatic carbocycles. The Morgan fingerprint density at radius 2 is 1.95 bits per heavy atom. The zero-order valence-electron chi connectivity index (χ0n) is 12.1. The van der Waals surface area contributed by atoms with Gasteiger partial charge < -0.3 is 0 Å². The van der Waals surface area contributed by atoms with Crippen LogP contribution in [-0.4, -0.2) is 41.6 Å². The van der Waals surface area contributed by atoms with E-state index in [0.29, 0.717) is 36.8 Å². The van der Waals surface area contributed by atoms with Crippen molar-refractivity contribution in [2.75, 3.05) is 19.3 Å². The van der Waals surface area contributed by atoms with Crippen LogP contribution < -0.4 is 5.56 Å². The van der Waals surface area contributed by atoms with Gasteiger partial charge in [0.25, 0.3) is 5.56 Å². The van der Waals surface area contributed by atoms with Gasteiger partial charge in [0.15, 0.2) is 0 Å². The minimum absolute atomic E-state index is 0.0903. The molecule has 0 saturated carbocycles. The summed E-state index contributed by atoms with van der Waals surface area (Å²) in [5, 5.41) is 0.370. The van der Waals surface area contributed by atoms with E-state index in [0.717, 1.165) is 0 Å². The summed E-state index contributed by atoms with van der Waals surface area (Å²) in [5.41, 5.74) is 0.109. The van der Waals surface area contributed by atoms with Crippen LogP contribution in [-0.2, 0) is 10.0 Å². The van der Waals surface area contributed by atoms with E-state index in [1.54, 1.807) is 0 Å². The van der Waals surface area contributed by atoms with Gasteiger partial charge in [0.05, 0.1) is 23.5 Å². The second kappa shape index (κ2) is 5.44. The van der Waals surface area contributed by atoms with Crippen LogP contribution in [0.3, 0.4) is 0 Å². The fraction of sp³-hybridized carbons (Fsp3) is 0.429. The number of halogens is 1. The first-order valence-corrected chi connectivity index (χ1v) is 8.82. The molecule has 6 nitrogen and oxygen atoms in total. The van der Waals surface area contributed by atoms with Crippen LogP contribution in [0.25, 0.3) is 10.9 Å². The number of hydrogen-bond acceptors (Lipinski definition) is 4. The summed E-state index contributed by atoms with van der Waals surface area (Å²) < 4.78 is 39.1. The second-order valence-electron chi connectivity index (χ2n) is 5.51. The van der Waals surface area contributed by atoms with E-state index in [9.17, 15) is 17.6 Å². The number of piperidine rings is 1. The molecule has 0 atom stereocenters. The average molecular weight is 325 g/mol. The van der Waals surface area contributed by atoms with Crippen LogP contribution in [0.2, 0.25) is 0 Å². The maximum atomic E-state index is 13.2. The third-order valence-corrected chi connectivity index (χ3v) is 5.33. The normalized spacial score (nSPS) is 17.9. The number of rotatable bonds is 2. The van der Waals surface area contributed by atoms with Gasteiger partial charge in [0, 0.05) is 25.2 Å². The zero-order valence-corrected chi connectivity index (χ0v) is 12.9. The SMILES string of the molecule is CS(=O)(=O)N1CCC(n2cnc3cc(F)ccc3c2=O)CC1. The topological polar surface area (TPSA) is 72.3 Å². The molecule has 3 rings (SSSR count). The predicted octanol–water partition coefficient (Wildman–Crippen LogP) is 1.13. The van der Waals surface area contributed by atoms with Crippen LogP contribution in [0.15, 0.2) is 29.3 Å². The van der Waals surface area contributed by atoms with Crippen LogP contribution in [0, 0.1) is 5.82 Å². The van der Waals surface area contributed by atoms with Crippen molar-refractivity contribution < 1.29 is 12.8 Å². The summed E-state index contributed by atoms with van der Waals surface area (Å²) in [6, 6.07) is 3.81. The standard InChI is InChI=1S/C14H16FN3O3S/c1-22(20,21)17-6-4-11(5-7-17)18-9-16-13-8-10(15)2-3-12(13)14(18)19/h2-3,8-9,11H,4-7H2,1H3. The first-order chi connectivity index (χ1) is 10.4. The summed E-state index contributed by atoms with van der Waals surface area (Å²) in [7, 11) is -3.19. The minimum Gasteiger partial charge on any atom is -0.296 e. The largest absolute Gasteiger partial charge is 0.296 e. The molecule has 1 aliphatic heterocycles. The molecule has 0 amide bonds. The van der Waals surface area contributed by atoms with Gasteiger partial charge >= 0.3 is 0 Å². The smallest absolute Gasteiger partial charge is 0.261 e. The van der Waals surface area contributed by atoms with Crippen LogP contribution in [0.4, 0.5) is 4.39 Å². The molecule has 0 radical (unpaired) electrons. The van der Waals surface area contributed by atoms with Crippen molar-refractivity contribution in [2.45, 2.75) is 18.9 Å². The van der Waals surface area contributed by atoms with Crippen molar-refractivity contribution in [3.8, 4) is 0 Å². The Balaban J connectivity index is 1.91. The van der Waals surface area contributed by atoms with Gasteiger partial charge in [-0.15, -0.1) is 0 Å². The van der Waals surface area contributed by atoms with Gasteiger partial charge in [-0.2, -0.15) is 0 Å². The number of nitrogens with zero attached hydrogens (tertiary/aromatic N) is 3. The van der Waals surface area contributed by atoms with E-state index in [-0.39, 0.29) is 11.6 Å². The highest BCUT2D eigenvalue weighted by molar-refractivity contribution is 7.88. The van der Waals surface area contributed by atoms with E-state index in [1.165, 1.54) is 39.7 Å². The molecule has 0 N–H and O–H groups in total. The van der Waals surface area contributed by atoms with E-state index < -0.39 is 15.8 Å². The van der Waals surface area contributed by atoms with Crippen LogP contribution >= 0.6 is 0 Å². The maximum absolute atomic E-state index is 13.2. The predicted molar refractivity (Wildman–Crippen MR) is 80.6 cm³/mol. The molecule has 1 fully saturated rings. The monoisotopic (exact) mass is 325 g/mol. The van der Waals surface area contributed by atoms with E-state index in [4.69, 9.17) is 0 Å². The van der Waals surface area contributed by atoms with Crippen molar-refractivity contribution in [1.29, 1.82) is 0 Å². The quantitative estimate of drug-likeness (QED) is 0.830. The third-order valence-electron chi connectivity index (χ3n) is 4.03. The lowest BCUT2D eigenvalue weighted by molar-refractivity contribution is 0.271.